The van der Waals surface area contributed by atoms with Gasteiger partial charge in [0, 0.05) is 12.6 Å². The van der Waals surface area contributed by atoms with Crippen LogP contribution in [0.1, 0.15) is 16.7 Å². The zero-order chi connectivity index (χ0) is 24.7. The highest BCUT2D eigenvalue weighted by atomic mass is 32.2. The summed E-state index contributed by atoms with van der Waals surface area (Å²) in [4.78, 5) is 18.2. The molecule has 0 unspecified atom stereocenters. The number of hydrogen-bond donors (Lipinski definition) is 1. The second kappa shape index (κ2) is 8.63. The van der Waals surface area contributed by atoms with Crippen molar-refractivity contribution in [2.75, 3.05) is 5.73 Å². The number of benzene rings is 2. The first-order chi connectivity index (χ1) is 16.8. The minimum Gasteiger partial charge on any atom is -0.317 e. The third-order valence-corrected chi connectivity index (χ3v) is 7.95. The van der Waals surface area contributed by atoms with Crippen LogP contribution >= 0.6 is 0 Å². The van der Waals surface area contributed by atoms with E-state index in [1.165, 1.54) is 10.5 Å². The normalized spacial score (nSPS) is 11.8. The van der Waals surface area contributed by atoms with Crippen molar-refractivity contribution in [3.05, 3.63) is 106 Å². The lowest BCUT2D eigenvalue weighted by Crippen LogP contribution is -2.42. The number of nitrogens with zero attached hydrogens (tertiary/aromatic N) is 3. The van der Waals surface area contributed by atoms with Crippen molar-refractivity contribution >= 4 is 32.3 Å². The highest BCUT2D eigenvalue weighted by Gasteiger charge is 2.29. The van der Waals surface area contributed by atoms with Gasteiger partial charge in [0.2, 0.25) is 21.3 Å². The van der Waals surface area contributed by atoms with E-state index in [9.17, 15) is 13.2 Å². The van der Waals surface area contributed by atoms with Gasteiger partial charge in [0.05, 0.1) is 11.4 Å². The molecule has 3 heterocycles. The number of aromatic nitrogens is 3. The van der Waals surface area contributed by atoms with E-state index in [0.717, 1.165) is 16.7 Å². The van der Waals surface area contributed by atoms with E-state index in [4.69, 9.17) is 10.7 Å². The van der Waals surface area contributed by atoms with Crippen LogP contribution in [0, 0.1) is 13.8 Å². The molecule has 35 heavy (non-hydrogen) atoms. The number of pyridine rings is 2. The fraction of sp³-hybridized carbons (Fsp3) is 0.148. The molecule has 0 spiro atoms. The molecule has 0 aliphatic carbocycles. The van der Waals surface area contributed by atoms with E-state index in [0.29, 0.717) is 24.3 Å². The summed E-state index contributed by atoms with van der Waals surface area (Å²) in [7, 11) is -3.98. The van der Waals surface area contributed by atoms with Crippen LogP contribution in [0.5, 0.6) is 0 Å². The molecule has 0 fully saturated rings. The minimum atomic E-state index is -3.98. The summed E-state index contributed by atoms with van der Waals surface area (Å²) in [6.07, 6.45) is 2.29. The van der Waals surface area contributed by atoms with Crippen LogP contribution < -0.4 is 15.9 Å². The number of nitrogen functional groups attached to an aromatic ring is 1. The zero-order valence-corrected chi connectivity index (χ0v) is 20.3. The Kier molecular flexibility index (Phi) is 5.61. The van der Waals surface area contributed by atoms with Gasteiger partial charge in [-0.25, -0.2) is 13.0 Å². The van der Waals surface area contributed by atoms with E-state index >= 15 is 0 Å². The molecule has 0 radical (unpaired) electrons. The number of nitrogens with two attached hydrogens (primary N) is 1. The third-order valence-electron chi connectivity index (χ3n) is 6.15. The molecular weight excluding hydrogens is 460 g/mol. The van der Waals surface area contributed by atoms with Crippen LogP contribution in [0.3, 0.4) is 0 Å². The second-order valence-electron chi connectivity index (χ2n) is 8.69. The van der Waals surface area contributed by atoms with Gasteiger partial charge >= 0.3 is 0 Å². The lowest BCUT2D eigenvalue weighted by Gasteiger charge is -2.13. The van der Waals surface area contributed by atoms with Crippen molar-refractivity contribution in [3.8, 4) is 0 Å². The number of fused-ring (bicyclic) bond motifs is 2. The molecule has 5 aromatic rings. The van der Waals surface area contributed by atoms with Gasteiger partial charge in [-0.15, -0.1) is 0 Å². The summed E-state index contributed by atoms with van der Waals surface area (Å²) in [5.41, 5.74) is 9.89. The Balaban J connectivity index is 1.80. The Labute approximate surface area is 203 Å². The van der Waals surface area contributed by atoms with Crippen molar-refractivity contribution in [1.29, 1.82) is 0 Å². The third kappa shape index (κ3) is 4.06. The van der Waals surface area contributed by atoms with Crippen LogP contribution in [0.15, 0.2) is 93.6 Å². The van der Waals surface area contributed by atoms with Gasteiger partial charge in [0.1, 0.15) is 10.3 Å². The topological polar surface area (TPSA) is 98.4 Å². The lowest BCUT2D eigenvalue weighted by molar-refractivity contribution is -0.659. The first-order valence-corrected chi connectivity index (χ1v) is 12.7. The standard InChI is InChI=1S/C27H24N4O3S/c1-18-8-11-21(12-9-18)35(33,34)23-16-22-26(29-24-13-10-19(2)17-31(24)27(22)32)30(25(23)28)15-14-20-6-4-3-5-7-20/h3-13,16-17,28H,14-15H2,1-2H3/p+1. The molecule has 0 saturated carbocycles. The van der Waals surface area contributed by atoms with E-state index in [-0.39, 0.29) is 26.6 Å². The molecule has 0 atom stereocenters. The van der Waals surface area contributed by atoms with Crippen LogP contribution in [0.2, 0.25) is 0 Å². The number of aryl methyl sites for hydroxylation is 4. The maximum absolute atomic E-state index is 13.6. The van der Waals surface area contributed by atoms with E-state index in [1.54, 1.807) is 41.1 Å². The molecule has 0 saturated heterocycles. The first-order valence-electron chi connectivity index (χ1n) is 11.3. The molecule has 2 aromatic carbocycles. The van der Waals surface area contributed by atoms with Crippen molar-refractivity contribution in [3.63, 3.8) is 0 Å². The summed E-state index contributed by atoms with van der Waals surface area (Å²) >= 11 is 0. The van der Waals surface area contributed by atoms with Crippen LogP contribution in [0.25, 0.3) is 16.7 Å². The Morgan fingerprint density at radius 3 is 2.34 bits per heavy atom. The predicted octanol–water partition coefficient (Wildman–Crippen LogP) is 3.41. The Morgan fingerprint density at radius 2 is 1.63 bits per heavy atom. The molecule has 0 amide bonds. The van der Waals surface area contributed by atoms with Crippen molar-refractivity contribution < 1.29 is 13.0 Å². The van der Waals surface area contributed by atoms with Gasteiger partial charge in [-0.2, -0.15) is 0 Å². The summed E-state index contributed by atoms with van der Waals surface area (Å²) in [6, 6.07) is 21.4. The largest absolute Gasteiger partial charge is 0.317 e. The smallest absolute Gasteiger partial charge is 0.278 e. The van der Waals surface area contributed by atoms with Crippen molar-refractivity contribution in [2.24, 2.45) is 0 Å². The fourth-order valence-electron chi connectivity index (χ4n) is 4.20. The summed E-state index contributed by atoms with van der Waals surface area (Å²) in [5.74, 6) is 0.0531. The summed E-state index contributed by atoms with van der Waals surface area (Å²) in [6.45, 7) is 4.13. The molecule has 176 valence electrons. The SMILES string of the molecule is Cc1ccc(S(=O)(=O)c2cc3c(=O)n4cc(C)ccc4nc3[n+](CCc3ccccc3)c2N)cc1. The monoisotopic (exact) mass is 485 g/mol. The van der Waals surface area contributed by atoms with Crippen LogP contribution in [-0.4, -0.2) is 17.8 Å². The minimum absolute atomic E-state index is 0.0531. The van der Waals surface area contributed by atoms with Gasteiger partial charge < -0.3 is 5.73 Å². The maximum Gasteiger partial charge on any atom is 0.278 e. The van der Waals surface area contributed by atoms with E-state index in [2.05, 4.69) is 0 Å². The number of rotatable bonds is 5. The lowest BCUT2D eigenvalue weighted by atomic mass is 10.1. The molecule has 7 nitrogen and oxygen atoms in total. The van der Waals surface area contributed by atoms with E-state index in [1.807, 2.05) is 50.2 Å². The van der Waals surface area contributed by atoms with Crippen LogP contribution in [0.4, 0.5) is 5.82 Å². The Morgan fingerprint density at radius 1 is 0.943 bits per heavy atom. The highest BCUT2D eigenvalue weighted by molar-refractivity contribution is 7.91. The average molecular weight is 486 g/mol. The Bertz CT molecular complexity index is 1740. The zero-order valence-electron chi connectivity index (χ0n) is 19.5. The molecule has 0 aliphatic rings. The molecule has 8 heteroatoms. The molecule has 5 rings (SSSR count). The Hall–Kier alpha value is -4.04. The number of hydrogen-bond acceptors (Lipinski definition) is 5. The fourth-order valence-corrected chi connectivity index (χ4v) is 5.61. The molecule has 3 aromatic heterocycles. The van der Waals surface area contributed by atoms with Crippen LogP contribution in [-0.2, 0) is 22.8 Å². The quantitative estimate of drug-likeness (QED) is 0.304. The van der Waals surface area contributed by atoms with Gasteiger partial charge in [0.15, 0.2) is 0 Å². The summed E-state index contributed by atoms with van der Waals surface area (Å²) in [5, 5.41) is 0.195. The average Bonchev–Trinajstić information content (AvgIpc) is 2.85. The van der Waals surface area contributed by atoms with E-state index < -0.39 is 9.84 Å². The van der Waals surface area contributed by atoms with Crippen molar-refractivity contribution in [2.45, 2.75) is 36.6 Å². The van der Waals surface area contributed by atoms with Gasteiger partial charge in [-0.3, -0.25) is 9.20 Å². The molecule has 2 N–H and O–H groups in total. The van der Waals surface area contributed by atoms with Gasteiger partial charge in [0.25, 0.3) is 11.2 Å². The maximum atomic E-state index is 13.6. The molecular formula is C27H25N4O3S+. The molecule has 0 aliphatic heterocycles. The van der Waals surface area contributed by atoms with Crippen molar-refractivity contribution in [1.82, 2.24) is 9.38 Å². The number of anilines is 1. The first kappa shape index (κ1) is 22.7. The highest BCUT2D eigenvalue weighted by Crippen LogP contribution is 2.26. The van der Waals surface area contributed by atoms with Gasteiger partial charge in [-0.1, -0.05) is 59.1 Å². The second-order valence-corrected chi connectivity index (χ2v) is 10.6. The predicted molar refractivity (Wildman–Crippen MR) is 135 cm³/mol. The molecule has 0 bridgehead atoms. The van der Waals surface area contributed by atoms with Gasteiger partial charge in [-0.05, 0) is 49.2 Å². The number of sulfone groups is 1. The summed E-state index contributed by atoms with van der Waals surface area (Å²) < 4.78 is 30.4.